The van der Waals surface area contributed by atoms with E-state index >= 15 is 0 Å². The Kier molecular flexibility index (Phi) is 7.43. The molecule has 1 aliphatic rings. The van der Waals surface area contributed by atoms with Gasteiger partial charge < -0.3 is 21.5 Å². The first-order chi connectivity index (χ1) is 19.8. The van der Waals surface area contributed by atoms with Gasteiger partial charge in [-0.15, -0.1) is 10.2 Å². The number of benzene rings is 3. The maximum Gasteiger partial charge on any atom is 0.200 e. The number of hydrogen-bond donors (Lipinski definition) is 4. The van der Waals surface area contributed by atoms with E-state index in [1.807, 2.05) is 24.3 Å². The molecule has 1 aliphatic carbocycles. The molecule has 1 heterocycles. The lowest BCUT2D eigenvalue weighted by molar-refractivity contribution is 0.0977. The minimum Gasteiger partial charge on any atom is -0.507 e. The third-order valence-corrected chi connectivity index (χ3v) is 6.85. The molecular weight excluding hydrogens is 518 g/mol. The van der Waals surface area contributed by atoms with E-state index < -0.39 is 11.6 Å². The number of nitrogen functional groups attached to an aromatic ring is 1. The van der Waals surface area contributed by atoms with E-state index in [1.54, 1.807) is 19.1 Å². The van der Waals surface area contributed by atoms with Gasteiger partial charge in [-0.2, -0.15) is 5.26 Å². The standard InChI is InChI=1S/C31H27N7O3/c1-3-4-15-34-18-11-13-19(14-12-18)35-31-22(16-32)17(2)27(30(33)36-31)38-37-23-9-5-7-20-25(23)29(41)26-21(28(20)40)8-6-10-24(26)39/h5-14,34,39H,3-4,15H2,1-2H3,(H3,33,35,36)/b38-37+. The summed E-state index contributed by atoms with van der Waals surface area (Å²) in [7, 11) is 0. The second kappa shape index (κ2) is 11.3. The first-order valence-corrected chi connectivity index (χ1v) is 13.1. The van der Waals surface area contributed by atoms with Gasteiger partial charge in [0.15, 0.2) is 23.2 Å². The van der Waals surface area contributed by atoms with Gasteiger partial charge in [0.05, 0.1) is 22.4 Å². The lowest BCUT2D eigenvalue weighted by Crippen LogP contribution is -2.21. The van der Waals surface area contributed by atoms with Crippen LogP contribution in [0.3, 0.4) is 0 Å². The Bertz CT molecular complexity index is 1760. The summed E-state index contributed by atoms with van der Waals surface area (Å²) in [5, 5.41) is 35.2. The van der Waals surface area contributed by atoms with Gasteiger partial charge in [0.1, 0.15) is 17.5 Å². The highest BCUT2D eigenvalue weighted by Gasteiger charge is 2.33. The number of aromatic hydroxyl groups is 1. The molecule has 0 fully saturated rings. The second-order valence-corrected chi connectivity index (χ2v) is 9.55. The topological polar surface area (TPSA) is 166 Å². The van der Waals surface area contributed by atoms with Crippen LogP contribution in [-0.2, 0) is 0 Å². The number of carbonyl (C=O) groups excluding carboxylic acids is 2. The van der Waals surface area contributed by atoms with E-state index in [1.165, 1.54) is 24.3 Å². The van der Waals surface area contributed by atoms with Crippen LogP contribution in [0.15, 0.2) is 70.9 Å². The molecule has 1 aromatic heterocycles. The Morgan fingerprint density at radius 2 is 1.63 bits per heavy atom. The van der Waals surface area contributed by atoms with Crippen LogP contribution in [0.2, 0.25) is 0 Å². The van der Waals surface area contributed by atoms with Crippen LogP contribution in [0.4, 0.5) is 34.4 Å². The number of rotatable bonds is 8. The molecule has 0 saturated heterocycles. The SMILES string of the molecule is CCCCNc1ccc(Nc2nc(N)c(/N=N/c3cccc4c3C(=O)c3c(O)cccc3C4=O)c(C)c2C#N)cc1. The van der Waals surface area contributed by atoms with Gasteiger partial charge in [0.2, 0.25) is 0 Å². The van der Waals surface area contributed by atoms with E-state index in [2.05, 4.69) is 38.8 Å². The van der Waals surface area contributed by atoms with Crippen molar-refractivity contribution in [3.63, 3.8) is 0 Å². The number of nitrogens with one attached hydrogen (secondary N) is 2. The normalized spacial score (nSPS) is 12.1. The van der Waals surface area contributed by atoms with E-state index in [4.69, 9.17) is 5.73 Å². The Hall–Kier alpha value is -5.56. The van der Waals surface area contributed by atoms with Gasteiger partial charge in [0, 0.05) is 34.6 Å². The predicted octanol–water partition coefficient (Wildman–Crippen LogP) is 6.70. The lowest BCUT2D eigenvalue weighted by atomic mass is 9.83. The van der Waals surface area contributed by atoms with Gasteiger partial charge in [0.25, 0.3) is 0 Å². The number of carbonyl (C=O) groups is 2. The summed E-state index contributed by atoms with van der Waals surface area (Å²) in [6, 6.07) is 18.8. The van der Waals surface area contributed by atoms with Crippen molar-refractivity contribution in [2.24, 2.45) is 10.2 Å². The molecule has 5 N–H and O–H groups in total. The summed E-state index contributed by atoms with van der Waals surface area (Å²) >= 11 is 0. The molecule has 0 aliphatic heterocycles. The number of hydrogen-bond acceptors (Lipinski definition) is 10. The fourth-order valence-electron chi connectivity index (χ4n) is 4.68. The zero-order valence-electron chi connectivity index (χ0n) is 22.5. The van der Waals surface area contributed by atoms with Crippen molar-refractivity contribution in [2.75, 3.05) is 22.9 Å². The number of unbranched alkanes of at least 4 members (excludes halogenated alkanes) is 1. The van der Waals surface area contributed by atoms with Gasteiger partial charge >= 0.3 is 0 Å². The summed E-state index contributed by atoms with van der Waals surface area (Å²) in [5.74, 6) is -0.911. The minimum atomic E-state index is -0.533. The predicted molar refractivity (Wildman–Crippen MR) is 157 cm³/mol. The quantitative estimate of drug-likeness (QED) is 0.123. The monoisotopic (exact) mass is 545 g/mol. The lowest BCUT2D eigenvalue weighted by Gasteiger charge is -2.19. The highest BCUT2D eigenvalue weighted by atomic mass is 16.3. The van der Waals surface area contributed by atoms with Crippen molar-refractivity contribution in [3.8, 4) is 11.8 Å². The van der Waals surface area contributed by atoms with Crippen LogP contribution in [0, 0.1) is 18.3 Å². The Balaban J connectivity index is 1.46. The van der Waals surface area contributed by atoms with E-state index in [-0.39, 0.29) is 56.6 Å². The Labute approximate surface area is 236 Å². The zero-order valence-corrected chi connectivity index (χ0v) is 22.5. The van der Waals surface area contributed by atoms with Crippen LogP contribution in [0.5, 0.6) is 5.75 Å². The van der Waals surface area contributed by atoms with Crippen molar-refractivity contribution in [1.82, 2.24) is 4.98 Å². The smallest absolute Gasteiger partial charge is 0.200 e. The van der Waals surface area contributed by atoms with Crippen molar-refractivity contribution in [1.29, 1.82) is 5.26 Å². The Morgan fingerprint density at radius 3 is 2.34 bits per heavy atom. The zero-order chi connectivity index (χ0) is 29.1. The van der Waals surface area contributed by atoms with Crippen molar-refractivity contribution >= 4 is 46.0 Å². The second-order valence-electron chi connectivity index (χ2n) is 9.55. The fraction of sp³-hybridized carbons (Fsp3) is 0.161. The number of pyridine rings is 1. The number of anilines is 4. The Morgan fingerprint density at radius 1 is 0.951 bits per heavy atom. The highest BCUT2D eigenvalue weighted by Crippen LogP contribution is 2.39. The van der Waals surface area contributed by atoms with Gasteiger partial charge in [-0.1, -0.05) is 37.6 Å². The molecule has 10 heteroatoms. The fourth-order valence-corrected chi connectivity index (χ4v) is 4.68. The van der Waals surface area contributed by atoms with Crippen LogP contribution in [0.25, 0.3) is 0 Å². The molecule has 3 aromatic carbocycles. The first-order valence-electron chi connectivity index (χ1n) is 13.1. The molecule has 0 saturated carbocycles. The molecule has 204 valence electrons. The molecule has 41 heavy (non-hydrogen) atoms. The number of aromatic nitrogens is 1. The molecule has 0 spiro atoms. The van der Waals surface area contributed by atoms with Gasteiger partial charge in [-0.25, -0.2) is 4.98 Å². The van der Waals surface area contributed by atoms with Crippen molar-refractivity contribution in [2.45, 2.75) is 26.7 Å². The summed E-state index contributed by atoms with van der Waals surface area (Å²) in [5.41, 5.74) is 9.19. The molecule has 4 aromatic rings. The van der Waals surface area contributed by atoms with Crippen LogP contribution < -0.4 is 16.4 Å². The summed E-state index contributed by atoms with van der Waals surface area (Å²) in [4.78, 5) is 30.8. The minimum absolute atomic E-state index is 0.0285. The molecule has 0 radical (unpaired) electrons. The summed E-state index contributed by atoms with van der Waals surface area (Å²) < 4.78 is 0. The van der Waals surface area contributed by atoms with Crippen molar-refractivity contribution in [3.05, 3.63) is 94.0 Å². The van der Waals surface area contributed by atoms with E-state index in [0.29, 0.717) is 5.56 Å². The molecular formula is C31H27N7O3. The maximum atomic E-state index is 13.3. The molecule has 5 rings (SSSR count). The third-order valence-electron chi connectivity index (χ3n) is 6.85. The van der Waals surface area contributed by atoms with Gasteiger partial charge in [-0.05, 0) is 49.7 Å². The molecule has 0 atom stereocenters. The number of nitrogens with zero attached hydrogens (tertiary/aromatic N) is 4. The number of fused-ring (bicyclic) bond motifs is 2. The van der Waals surface area contributed by atoms with E-state index in [9.17, 15) is 20.0 Å². The highest BCUT2D eigenvalue weighted by molar-refractivity contribution is 6.30. The number of ketones is 2. The van der Waals surface area contributed by atoms with Crippen LogP contribution >= 0.6 is 0 Å². The van der Waals surface area contributed by atoms with Crippen LogP contribution in [0.1, 0.15) is 62.7 Å². The number of nitrogens with two attached hydrogens (primary N) is 1. The number of azo groups is 1. The molecule has 0 bridgehead atoms. The number of phenols is 1. The molecule has 0 amide bonds. The third kappa shape index (κ3) is 5.08. The number of phenolic OH excluding ortho intramolecular Hbond substituents is 1. The van der Waals surface area contributed by atoms with Crippen molar-refractivity contribution < 1.29 is 14.7 Å². The summed E-state index contributed by atoms with van der Waals surface area (Å²) in [6.07, 6.45) is 2.19. The maximum absolute atomic E-state index is 13.3. The van der Waals surface area contributed by atoms with Gasteiger partial charge in [-0.3, -0.25) is 9.59 Å². The molecule has 10 nitrogen and oxygen atoms in total. The summed E-state index contributed by atoms with van der Waals surface area (Å²) in [6.45, 7) is 4.71. The largest absolute Gasteiger partial charge is 0.507 e. The molecule has 0 unspecified atom stereocenters. The van der Waals surface area contributed by atoms with Crippen LogP contribution in [-0.4, -0.2) is 28.2 Å². The average molecular weight is 546 g/mol. The average Bonchev–Trinajstić information content (AvgIpc) is 2.96. The van der Waals surface area contributed by atoms with E-state index in [0.717, 1.165) is 30.8 Å². The number of nitriles is 1. The first kappa shape index (κ1) is 27.0.